The molecule has 4 bridgehead atoms. The number of phenols is 1. The van der Waals surface area contributed by atoms with Crippen molar-refractivity contribution in [2.45, 2.75) is 45.6 Å². The van der Waals surface area contributed by atoms with Crippen LogP contribution in [0.25, 0.3) is 11.1 Å². The van der Waals surface area contributed by atoms with Crippen molar-refractivity contribution in [3.63, 3.8) is 0 Å². The summed E-state index contributed by atoms with van der Waals surface area (Å²) in [5.41, 5.74) is 1.34. The molecule has 1 fully saturated rings. The summed E-state index contributed by atoms with van der Waals surface area (Å²) >= 11 is 1.25. The van der Waals surface area contributed by atoms with E-state index in [1.807, 2.05) is 6.92 Å². The summed E-state index contributed by atoms with van der Waals surface area (Å²) in [6.07, 6.45) is 1.51. The fourth-order valence-corrected chi connectivity index (χ4v) is 6.32. The zero-order chi connectivity index (χ0) is 32.6. The Morgan fingerprint density at radius 3 is 2.70 bits per heavy atom. The Balaban J connectivity index is 1.28. The lowest BCUT2D eigenvalue weighted by atomic mass is 9.98. The van der Waals surface area contributed by atoms with E-state index in [2.05, 4.69) is 20.8 Å². The SMILES string of the molecule is CCOCc1nnc(N2CC(C(=O)N3CCCNC(=O)c4ccc(F)c(c4)-c4cc(ccc4O)CCNC(=O)CCC3)CC2=O)s1. The Kier molecular flexibility index (Phi) is 10.9. The molecule has 1 atom stereocenters. The van der Waals surface area contributed by atoms with Gasteiger partial charge in [0.1, 0.15) is 23.2 Å². The second-order valence-corrected chi connectivity index (χ2v) is 12.2. The first kappa shape index (κ1) is 32.9. The Labute approximate surface area is 269 Å². The van der Waals surface area contributed by atoms with Crippen LogP contribution in [0.2, 0.25) is 0 Å². The average Bonchev–Trinajstić information content (AvgIpc) is 3.67. The van der Waals surface area contributed by atoms with Crippen molar-refractivity contribution in [1.82, 2.24) is 25.7 Å². The largest absolute Gasteiger partial charge is 0.507 e. The molecule has 14 heteroatoms. The summed E-state index contributed by atoms with van der Waals surface area (Å²) < 4.78 is 20.2. The quantitative estimate of drug-likeness (QED) is 0.380. The molecule has 46 heavy (non-hydrogen) atoms. The van der Waals surface area contributed by atoms with E-state index in [-0.39, 0.29) is 66.1 Å². The van der Waals surface area contributed by atoms with Gasteiger partial charge >= 0.3 is 0 Å². The molecule has 2 aromatic carbocycles. The molecule has 12 nitrogen and oxygen atoms in total. The minimum absolute atomic E-state index is 0.0378. The van der Waals surface area contributed by atoms with Crippen molar-refractivity contribution < 1.29 is 33.4 Å². The monoisotopic (exact) mass is 652 g/mol. The van der Waals surface area contributed by atoms with E-state index in [1.54, 1.807) is 17.0 Å². The first-order chi connectivity index (χ1) is 22.2. The Morgan fingerprint density at radius 2 is 1.87 bits per heavy atom. The predicted molar refractivity (Wildman–Crippen MR) is 169 cm³/mol. The second-order valence-electron chi connectivity index (χ2n) is 11.2. The second kappa shape index (κ2) is 15.2. The molecule has 1 aromatic heterocycles. The van der Waals surface area contributed by atoms with Crippen LogP contribution in [-0.2, 0) is 32.1 Å². The number of amides is 4. The van der Waals surface area contributed by atoms with Gasteiger partial charge in [-0.25, -0.2) is 4.39 Å². The maximum atomic E-state index is 14.9. The van der Waals surface area contributed by atoms with Gasteiger partial charge in [-0.3, -0.25) is 24.1 Å². The number of carbonyl (C=O) groups is 4. The van der Waals surface area contributed by atoms with Gasteiger partial charge in [0.15, 0.2) is 0 Å². The third-order valence-electron chi connectivity index (χ3n) is 7.94. The van der Waals surface area contributed by atoms with Gasteiger partial charge in [0.25, 0.3) is 5.91 Å². The van der Waals surface area contributed by atoms with Crippen molar-refractivity contribution in [3.05, 3.63) is 58.3 Å². The fourth-order valence-electron chi connectivity index (χ4n) is 5.52. The fraction of sp³-hybridized carbons (Fsp3) is 0.438. The highest BCUT2D eigenvalue weighted by molar-refractivity contribution is 7.15. The van der Waals surface area contributed by atoms with Gasteiger partial charge in [-0.2, -0.15) is 0 Å². The molecule has 3 heterocycles. The van der Waals surface area contributed by atoms with Crippen LogP contribution in [-0.4, -0.2) is 83.2 Å². The summed E-state index contributed by atoms with van der Waals surface area (Å²) in [5.74, 6) is -2.29. The van der Waals surface area contributed by atoms with E-state index in [1.165, 1.54) is 40.5 Å². The highest BCUT2D eigenvalue weighted by Crippen LogP contribution is 2.33. The number of rotatable bonds is 5. The van der Waals surface area contributed by atoms with Crippen LogP contribution in [0.5, 0.6) is 5.75 Å². The van der Waals surface area contributed by atoms with Crippen LogP contribution in [0.4, 0.5) is 9.52 Å². The van der Waals surface area contributed by atoms with Gasteiger partial charge in [-0.15, -0.1) is 10.2 Å². The molecule has 0 aliphatic carbocycles. The summed E-state index contributed by atoms with van der Waals surface area (Å²) in [6, 6.07) is 8.79. The first-order valence-corrected chi connectivity index (χ1v) is 16.2. The zero-order valence-corrected chi connectivity index (χ0v) is 26.4. The normalized spacial score (nSPS) is 18.4. The molecule has 0 saturated carbocycles. The highest BCUT2D eigenvalue weighted by atomic mass is 32.1. The standard InChI is InChI=1S/C32H37FN6O6S/c1-2-45-19-28-36-37-32(46-28)39-18-22(17-29(39)42)31(44)38-13-3-5-27(41)34-12-10-20-6-9-26(40)24(15-20)23-16-21(7-8-25(23)33)30(43)35-11-4-14-38/h6-9,15-16,22,40H,2-5,10-14,17-19H2,1H3,(H,34,41)(H,35,43). The van der Waals surface area contributed by atoms with Gasteiger partial charge < -0.3 is 25.4 Å². The van der Waals surface area contributed by atoms with Crippen LogP contribution >= 0.6 is 11.3 Å². The molecule has 5 rings (SSSR count). The Morgan fingerprint density at radius 1 is 1.04 bits per heavy atom. The van der Waals surface area contributed by atoms with Crippen LogP contribution in [0.1, 0.15) is 53.5 Å². The molecule has 244 valence electrons. The zero-order valence-electron chi connectivity index (χ0n) is 25.6. The lowest BCUT2D eigenvalue weighted by Crippen LogP contribution is -2.40. The lowest BCUT2D eigenvalue weighted by Gasteiger charge is -2.25. The summed E-state index contributed by atoms with van der Waals surface area (Å²) in [4.78, 5) is 55.3. The maximum Gasteiger partial charge on any atom is 0.251 e. The highest BCUT2D eigenvalue weighted by Gasteiger charge is 2.38. The van der Waals surface area contributed by atoms with Crippen molar-refractivity contribution >= 4 is 40.1 Å². The van der Waals surface area contributed by atoms with Crippen molar-refractivity contribution in [1.29, 1.82) is 0 Å². The molecule has 0 spiro atoms. The van der Waals surface area contributed by atoms with Gasteiger partial charge in [0.05, 0.1) is 5.92 Å². The van der Waals surface area contributed by atoms with Gasteiger partial charge in [0, 0.05) is 68.9 Å². The van der Waals surface area contributed by atoms with Gasteiger partial charge in [0.2, 0.25) is 22.9 Å². The van der Waals surface area contributed by atoms with E-state index < -0.39 is 17.6 Å². The third kappa shape index (κ3) is 8.04. The Hall–Kier alpha value is -4.43. The molecular formula is C32H37FN6O6S. The molecule has 4 amide bonds. The average molecular weight is 653 g/mol. The van der Waals surface area contributed by atoms with E-state index in [9.17, 15) is 28.7 Å². The van der Waals surface area contributed by atoms with Crippen molar-refractivity contribution in [2.24, 2.45) is 5.92 Å². The van der Waals surface area contributed by atoms with E-state index in [0.717, 1.165) is 5.56 Å². The van der Waals surface area contributed by atoms with Crippen LogP contribution in [0.3, 0.4) is 0 Å². The summed E-state index contributed by atoms with van der Waals surface area (Å²) in [5, 5.41) is 25.4. The van der Waals surface area contributed by atoms with E-state index >= 15 is 0 Å². The number of hydrogen-bond acceptors (Lipinski definition) is 9. The van der Waals surface area contributed by atoms with Gasteiger partial charge in [-0.1, -0.05) is 17.4 Å². The molecule has 0 radical (unpaired) electrons. The smallest absolute Gasteiger partial charge is 0.251 e. The number of halogens is 1. The minimum atomic E-state index is -0.585. The van der Waals surface area contributed by atoms with Crippen molar-refractivity contribution in [2.75, 3.05) is 44.2 Å². The molecule has 3 aromatic rings. The van der Waals surface area contributed by atoms with E-state index in [4.69, 9.17) is 4.74 Å². The van der Waals surface area contributed by atoms with Crippen LogP contribution < -0.4 is 15.5 Å². The number of benzene rings is 2. The van der Waals surface area contributed by atoms with Crippen LogP contribution in [0.15, 0.2) is 36.4 Å². The number of nitrogens with zero attached hydrogens (tertiary/aromatic N) is 4. The third-order valence-corrected chi connectivity index (χ3v) is 8.86. The molecule has 2 aliphatic heterocycles. The van der Waals surface area contributed by atoms with Crippen LogP contribution in [0, 0.1) is 11.7 Å². The number of fused-ring (bicyclic) bond motifs is 5. The number of aromatic hydroxyl groups is 1. The summed E-state index contributed by atoms with van der Waals surface area (Å²) in [6.45, 7) is 4.06. The predicted octanol–water partition coefficient (Wildman–Crippen LogP) is 3.04. The number of aromatic nitrogens is 2. The molecule has 1 unspecified atom stereocenters. The Bertz CT molecular complexity index is 1600. The first-order valence-electron chi connectivity index (χ1n) is 15.4. The number of hydrogen-bond donors (Lipinski definition) is 3. The molecule has 2 aliphatic rings. The molecule has 1 saturated heterocycles. The summed E-state index contributed by atoms with van der Waals surface area (Å²) in [7, 11) is 0. The number of anilines is 1. The number of carbonyl (C=O) groups excluding carboxylic acids is 4. The lowest BCUT2D eigenvalue weighted by molar-refractivity contribution is -0.136. The van der Waals surface area contributed by atoms with E-state index in [0.29, 0.717) is 62.2 Å². The minimum Gasteiger partial charge on any atom is -0.507 e. The molecular weight excluding hydrogens is 615 g/mol. The van der Waals surface area contributed by atoms with Crippen molar-refractivity contribution in [3.8, 4) is 16.9 Å². The maximum absolute atomic E-state index is 14.9. The topological polar surface area (TPSA) is 154 Å². The number of ether oxygens (including phenoxy) is 1. The van der Waals surface area contributed by atoms with Gasteiger partial charge in [-0.05, 0) is 62.1 Å². The molecule has 3 N–H and O–H groups in total. The number of nitrogens with one attached hydrogen (secondary N) is 2. The number of phenolic OH excluding ortho intramolecular Hbond substituents is 1.